The number of ether oxygens (including phenoxy) is 3. The van der Waals surface area contributed by atoms with Crippen molar-refractivity contribution in [2.45, 2.75) is 33.4 Å². The molecule has 0 saturated carbocycles. The summed E-state index contributed by atoms with van der Waals surface area (Å²) in [6, 6.07) is 5.20. The lowest BCUT2D eigenvalue weighted by Gasteiger charge is -2.28. The van der Waals surface area contributed by atoms with Gasteiger partial charge in [-0.05, 0) is 26.0 Å². The highest BCUT2D eigenvalue weighted by molar-refractivity contribution is 5.95. The van der Waals surface area contributed by atoms with Crippen molar-refractivity contribution in [3.8, 4) is 23.1 Å². The number of hydrogen-bond acceptors (Lipinski definition) is 7. The first kappa shape index (κ1) is 21.9. The second-order valence-corrected chi connectivity index (χ2v) is 7.55. The van der Waals surface area contributed by atoms with E-state index in [1.807, 2.05) is 23.4 Å². The first-order valence-electron chi connectivity index (χ1n) is 10.7. The third kappa shape index (κ3) is 4.34. The summed E-state index contributed by atoms with van der Waals surface area (Å²) in [6.45, 7) is 6.67. The van der Waals surface area contributed by atoms with Gasteiger partial charge in [-0.25, -0.2) is 4.98 Å². The largest absolute Gasteiger partial charge is 0.497 e. The first-order valence-corrected chi connectivity index (χ1v) is 10.7. The normalized spacial score (nSPS) is 13.2. The average Bonchev–Trinajstić information content (AvgIpc) is 3.41. The van der Waals surface area contributed by atoms with E-state index in [1.54, 1.807) is 38.6 Å². The molecule has 0 radical (unpaired) electrons. The number of benzene rings is 1. The van der Waals surface area contributed by atoms with Crippen LogP contribution in [-0.4, -0.2) is 59.5 Å². The zero-order valence-electron chi connectivity index (χ0n) is 18.9. The predicted molar refractivity (Wildman–Crippen MR) is 117 cm³/mol. The number of oxazole rings is 1. The van der Waals surface area contributed by atoms with Gasteiger partial charge >= 0.3 is 0 Å². The fourth-order valence-electron chi connectivity index (χ4n) is 3.89. The average molecular weight is 441 g/mol. The van der Waals surface area contributed by atoms with Crippen LogP contribution in [0.15, 0.2) is 28.8 Å². The number of rotatable bonds is 8. The van der Waals surface area contributed by atoms with Crippen molar-refractivity contribution in [1.82, 2.24) is 19.7 Å². The van der Waals surface area contributed by atoms with Crippen LogP contribution < -0.4 is 9.47 Å². The molecule has 9 heteroatoms. The van der Waals surface area contributed by atoms with Gasteiger partial charge in [0.2, 0.25) is 5.89 Å². The van der Waals surface area contributed by atoms with Crippen molar-refractivity contribution >= 4 is 5.91 Å². The molecular weight excluding hydrogens is 412 g/mol. The maximum atomic E-state index is 13.3. The lowest BCUT2D eigenvalue weighted by Crippen LogP contribution is -2.36. The Hall–Kier alpha value is -3.33. The second kappa shape index (κ2) is 9.44. The van der Waals surface area contributed by atoms with Crippen LogP contribution in [0.3, 0.4) is 0 Å². The molecule has 9 nitrogen and oxygen atoms in total. The Morgan fingerprint density at radius 1 is 1.19 bits per heavy atom. The van der Waals surface area contributed by atoms with Gasteiger partial charge in [0, 0.05) is 42.5 Å². The Morgan fingerprint density at radius 2 is 1.94 bits per heavy atom. The smallest absolute Gasteiger partial charge is 0.254 e. The number of nitrogens with zero attached hydrogens (tertiary/aromatic N) is 4. The van der Waals surface area contributed by atoms with Crippen LogP contribution in [0.2, 0.25) is 0 Å². The van der Waals surface area contributed by atoms with E-state index in [4.69, 9.17) is 23.7 Å². The molecule has 1 amide bonds. The van der Waals surface area contributed by atoms with Crippen LogP contribution >= 0.6 is 0 Å². The molecule has 32 heavy (non-hydrogen) atoms. The standard InChI is InChI=1S/C23H28N4O5/c1-5-31-9-8-27-20-6-7-26(14-19(20)21(25-27)22-24-13-15(2)32-22)23(28)16-10-17(29-3)12-18(11-16)30-4/h10-13H,5-9,14H2,1-4H3. The zero-order chi connectivity index (χ0) is 22.7. The van der Waals surface area contributed by atoms with Gasteiger partial charge in [0.25, 0.3) is 5.91 Å². The Balaban J connectivity index is 1.65. The summed E-state index contributed by atoms with van der Waals surface area (Å²) in [5.41, 5.74) is 3.23. The molecule has 1 aromatic carbocycles. The minimum atomic E-state index is -0.0931. The highest BCUT2D eigenvalue weighted by Gasteiger charge is 2.30. The summed E-state index contributed by atoms with van der Waals surface area (Å²) >= 11 is 0. The van der Waals surface area contributed by atoms with Crippen LogP contribution in [0.1, 0.15) is 34.3 Å². The molecule has 170 valence electrons. The molecule has 2 aromatic heterocycles. The number of methoxy groups -OCH3 is 2. The molecule has 4 rings (SSSR count). The molecule has 3 aromatic rings. The van der Waals surface area contributed by atoms with E-state index in [1.165, 1.54) is 0 Å². The maximum Gasteiger partial charge on any atom is 0.254 e. The number of carbonyl (C=O) groups excluding carboxylic acids is 1. The Labute approximate surface area is 186 Å². The number of carbonyl (C=O) groups is 1. The molecule has 0 aliphatic carbocycles. The number of amides is 1. The van der Waals surface area contributed by atoms with Gasteiger partial charge in [-0.15, -0.1) is 0 Å². The minimum absolute atomic E-state index is 0.0931. The van der Waals surface area contributed by atoms with E-state index in [0.29, 0.717) is 73.7 Å². The van der Waals surface area contributed by atoms with Crippen molar-refractivity contribution in [1.29, 1.82) is 0 Å². The summed E-state index contributed by atoms with van der Waals surface area (Å²) < 4.78 is 23.9. The van der Waals surface area contributed by atoms with Gasteiger partial charge in [-0.3, -0.25) is 9.48 Å². The van der Waals surface area contributed by atoms with Crippen LogP contribution in [0.25, 0.3) is 11.6 Å². The molecule has 0 fully saturated rings. The van der Waals surface area contributed by atoms with Crippen molar-refractivity contribution in [3.63, 3.8) is 0 Å². The van der Waals surface area contributed by atoms with Crippen LogP contribution in [0.4, 0.5) is 0 Å². The number of hydrogen-bond donors (Lipinski definition) is 0. The van der Waals surface area contributed by atoms with E-state index in [-0.39, 0.29) is 5.91 Å². The summed E-state index contributed by atoms with van der Waals surface area (Å²) in [4.78, 5) is 19.5. The molecule has 0 spiro atoms. The van der Waals surface area contributed by atoms with E-state index in [0.717, 1.165) is 11.3 Å². The highest BCUT2D eigenvalue weighted by Crippen LogP contribution is 2.31. The number of fused-ring (bicyclic) bond motifs is 1. The molecule has 0 bridgehead atoms. The molecule has 3 heterocycles. The van der Waals surface area contributed by atoms with E-state index < -0.39 is 0 Å². The van der Waals surface area contributed by atoms with Crippen LogP contribution in [0.5, 0.6) is 11.5 Å². The second-order valence-electron chi connectivity index (χ2n) is 7.55. The van der Waals surface area contributed by atoms with Crippen molar-refractivity contribution in [3.05, 3.63) is 47.0 Å². The van der Waals surface area contributed by atoms with E-state index in [2.05, 4.69) is 4.98 Å². The summed E-state index contributed by atoms with van der Waals surface area (Å²) in [5.74, 6) is 2.23. The third-order valence-electron chi connectivity index (χ3n) is 5.49. The van der Waals surface area contributed by atoms with Gasteiger partial charge in [-0.2, -0.15) is 5.10 Å². The van der Waals surface area contributed by atoms with Gasteiger partial charge in [0.05, 0.1) is 40.1 Å². The molecular formula is C23H28N4O5. The van der Waals surface area contributed by atoms with Gasteiger partial charge in [-0.1, -0.05) is 0 Å². The van der Waals surface area contributed by atoms with Gasteiger partial charge in [0.15, 0.2) is 5.69 Å². The fraction of sp³-hybridized carbons (Fsp3) is 0.435. The number of aromatic nitrogens is 3. The predicted octanol–water partition coefficient (Wildman–Crippen LogP) is 3.10. The van der Waals surface area contributed by atoms with Crippen LogP contribution in [0, 0.1) is 6.92 Å². The Kier molecular flexibility index (Phi) is 6.45. The lowest BCUT2D eigenvalue weighted by molar-refractivity contribution is 0.0731. The molecule has 1 aliphatic heterocycles. The minimum Gasteiger partial charge on any atom is -0.497 e. The third-order valence-corrected chi connectivity index (χ3v) is 5.49. The molecule has 1 aliphatic rings. The summed E-state index contributed by atoms with van der Waals surface area (Å²) in [6.07, 6.45) is 2.36. The van der Waals surface area contributed by atoms with Crippen molar-refractivity contribution in [2.24, 2.45) is 0 Å². The first-order chi connectivity index (χ1) is 15.5. The monoisotopic (exact) mass is 440 g/mol. The SMILES string of the molecule is CCOCCn1nc(-c2ncc(C)o2)c2c1CCN(C(=O)c1cc(OC)cc(OC)c1)C2. The van der Waals surface area contributed by atoms with E-state index >= 15 is 0 Å². The molecule has 0 unspecified atom stereocenters. The topological polar surface area (TPSA) is 91.9 Å². The van der Waals surface area contributed by atoms with Crippen LogP contribution in [-0.2, 0) is 24.2 Å². The quantitative estimate of drug-likeness (QED) is 0.497. The molecule has 0 saturated heterocycles. The maximum absolute atomic E-state index is 13.3. The van der Waals surface area contributed by atoms with Crippen molar-refractivity contribution in [2.75, 3.05) is 34.0 Å². The highest BCUT2D eigenvalue weighted by atomic mass is 16.5. The summed E-state index contributed by atoms with van der Waals surface area (Å²) in [7, 11) is 3.13. The lowest BCUT2D eigenvalue weighted by atomic mass is 10.0. The molecule has 0 atom stereocenters. The zero-order valence-corrected chi connectivity index (χ0v) is 18.9. The fourth-order valence-corrected chi connectivity index (χ4v) is 3.89. The Morgan fingerprint density at radius 3 is 2.56 bits per heavy atom. The van der Waals surface area contributed by atoms with E-state index in [9.17, 15) is 4.79 Å². The van der Waals surface area contributed by atoms with Crippen molar-refractivity contribution < 1.29 is 23.4 Å². The van der Waals surface area contributed by atoms with Gasteiger partial charge < -0.3 is 23.5 Å². The molecule has 0 N–H and O–H groups in total. The number of aryl methyl sites for hydroxylation is 1. The van der Waals surface area contributed by atoms with Gasteiger partial charge in [0.1, 0.15) is 17.3 Å². The summed E-state index contributed by atoms with van der Waals surface area (Å²) in [5, 5.41) is 4.77. The Bertz CT molecular complexity index is 1080.